The maximum Gasteiger partial charge on any atom is 0.149 e. The van der Waals surface area contributed by atoms with Crippen LogP contribution in [0.5, 0.6) is 0 Å². The fourth-order valence-electron chi connectivity index (χ4n) is 2.26. The van der Waals surface area contributed by atoms with Gasteiger partial charge in [0, 0.05) is 19.3 Å². The van der Waals surface area contributed by atoms with Gasteiger partial charge >= 0.3 is 0 Å². The number of unbranched alkanes of at least 4 members (excludes halogenated alkanes) is 2. The molecule has 2 nitrogen and oxygen atoms in total. The van der Waals surface area contributed by atoms with Gasteiger partial charge in [0.05, 0.1) is 6.04 Å². The third-order valence-corrected chi connectivity index (χ3v) is 5.28. The molecule has 0 radical (unpaired) electrons. The molecule has 0 aliphatic rings. The molecule has 136 valence electrons. The first kappa shape index (κ1) is 23.2. The molecule has 0 saturated heterocycles. The minimum atomic E-state index is -1.28. The number of Topliss-reactive ketones (excluding diaryl/α,β-unsaturated/α-hetero) is 1. The van der Waals surface area contributed by atoms with Gasteiger partial charge in [0.15, 0.2) is 0 Å². The molecule has 0 rings (SSSR count). The number of nitrogens with zero attached hydrogens (tertiary/aromatic N) is 1. The van der Waals surface area contributed by atoms with E-state index in [9.17, 15) is 4.79 Å². The maximum atomic E-state index is 12.5. The van der Waals surface area contributed by atoms with Crippen molar-refractivity contribution in [1.29, 1.82) is 0 Å². The Labute approximate surface area is 152 Å². The monoisotopic (exact) mass is 363 g/mol. The zero-order valence-corrected chi connectivity index (χ0v) is 19.2. The summed E-state index contributed by atoms with van der Waals surface area (Å²) in [5, 5.41) is 0. The standard InChI is InChI=1S/C20H37NOSi2/c1-21(2)19(15-11-9-13-17-23(3,4)5)20(22)16-12-10-14-18-24(6,7)8/h19H,9-12,15-16H2,1-8H3. The second-order valence-corrected chi connectivity index (χ2v) is 18.3. The first-order chi connectivity index (χ1) is 10.9. The van der Waals surface area contributed by atoms with E-state index in [1.807, 2.05) is 14.1 Å². The van der Waals surface area contributed by atoms with Crippen molar-refractivity contribution >= 4 is 21.9 Å². The predicted molar refractivity (Wildman–Crippen MR) is 112 cm³/mol. The van der Waals surface area contributed by atoms with Gasteiger partial charge in [0.25, 0.3) is 0 Å². The minimum Gasteiger partial charge on any atom is -0.300 e. The molecular weight excluding hydrogens is 326 g/mol. The van der Waals surface area contributed by atoms with Crippen LogP contribution in [0.25, 0.3) is 0 Å². The Morgan fingerprint density at radius 3 is 1.75 bits per heavy atom. The normalized spacial score (nSPS) is 12.9. The summed E-state index contributed by atoms with van der Waals surface area (Å²) in [6.45, 7) is 13.5. The summed E-state index contributed by atoms with van der Waals surface area (Å²) in [4.78, 5) is 14.5. The lowest BCUT2D eigenvalue weighted by molar-refractivity contribution is -0.123. The van der Waals surface area contributed by atoms with E-state index in [4.69, 9.17) is 0 Å². The summed E-state index contributed by atoms with van der Waals surface area (Å²) in [5.74, 6) is 6.91. The van der Waals surface area contributed by atoms with E-state index in [2.05, 4.69) is 67.1 Å². The van der Waals surface area contributed by atoms with Crippen molar-refractivity contribution in [2.45, 2.75) is 83.8 Å². The van der Waals surface area contributed by atoms with E-state index >= 15 is 0 Å². The molecule has 0 bridgehead atoms. The average molecular weight is 364 g/mol. The average Bonchev–Trinajstić information content (AvgIpc) is 2.39. The van der Waals surface area contributed by atoms with Gasteiger partial charge in [-0.1, -0.05) is 39.3 Å². The van der Waals surface area contributed by atoms with E-state index in [-0.39, 0.29) is 6.04 Å². The van der Waals surface area contributed by atoms with Crippen LogP contribution < -0.4 is 0 Å². The molecule has 0 aromatic heterocycles. The third-order valence-electron chi connectivity index (χ3n) is 3.43. The van der Waals surface area contributed by atoms with Gasteiger partial charge in [-0.15, -0.1) is 22.9 Å². The smallest absolute Gasteiger partial charge is 0.149 e. The van der Waals surface area contributed by atoms with Crippen molar-refractivity contribution < 1.29 is 4.79 Å². The fourth-order valence-corrected chi connectivity index (χ4v) is 3.57. The zero-order chi connectivity index (χ0) is 18.8. The molecule has 1 atom stereocenters. The van der Waals surface area contributed by atoms with Gasteiger partial charge in [0.2, 0.25) is 0 Å². The van der Waals surface area contributed by atoms with E-state index in [0.717, 1.165) is 32.1 Å². The van der Waals surface area contributed by atoms with Gasteiger partial charge in [-0.2, -0.15) is 0 Å². The molecule has 0 aliphatic heterocycles. The maximum absolute atomic E-state index is 12.5. The van der Waals surface area contributed by atoms with Gasteiger partial charge in [-0.05, 0) is 33.4 Å². The van der Waals surface area contributed by atoms with E-state index in [0.29, 0.717) is 12.2 Å². The van der Waals surface area contributed by atoms with Gasteiger partial charge < -0.3 is 0 Å². The van der Waals surface area contributed by atoms with Crippen molar-refractivity contribution in [3.63, 3.8) is 0 Å². The molecule has 0 aliphatic carbocycles. The lowest BCUT2D eigenvalue weighted by atomic mass is 10.0. The van der Waals surface area contributed by atoms with Crippen LogP contribution in [0.2, 0.25) is 39.3 Å². The predicted octanol–water partition coefficient (Wildman–Crippen LogP) is 4.59. The number of rotatable bonds is 8. The fraction of sp³-hybridized carbons (Fsp3) is 0.750. The van der Waals surface area contributed by atoms with E-state index in [1.165, 1.54) is 0 Å². The van der Waals surface area contributed by atoms with E-state index < -0.39 is 16.1 Å². The van der Waals surface area contributed by atoms with Crippen molar-refractivity contribution in [1.82, 2.24) is 4.90 Å². The Hall–Kier alpha value is -0.816. The largest absolute Gasteiger partial charge is 0.300 e. The van der Waals surface area contributed by atoms with Crippen LogP contribution in [0.3, 0.4) is 0 Å². The highest BCUT2D eigenvalue weighted by Crippen LogP contribution is 2.11. The van der Waals surface area contributed by atoms with Crippen LogP contribution in [-0.4, -0.2) is 47.0 Å². The first-order valence-corrected chi connectivity index (χ1v) is 16.1. The second kappa shape index (κ2) is 10.9. The number of hydrogen-bond acceptors (Lipinski definition) is 2. The molecule has 0 spiro atoms. The van der Waals surface area contributed by atoms with Crippen LogP contribution >= 0.6 is 0 Å². The number of hydrogen-bond donors (Lipinski definition) is 0. The van der Waals surface area contributed by atoms with E-state index in [1.54, 1.807) is 0 Å². The molecule has 0 fully saturated rings. The Balaban J connectivity index is 4.27. The lowest BCUT2D eigenvalue weighted by Crippen LogP contribution is -2.35. The number of likely N-dealkylation sites (N-methyl/N-ethyl adjacent to an activating group) is 1. The molecule has 0 saturated carbocycles. The van der Waals surface area contributed by atoms with Gasteiger partial charge in [-0.3, -0.25) is 9.69 Å². The highest BCUT2D eigenvalue weighted by Gasteiger charge is 2.19. The summed E-state index contributed by atoms with van der Waals surface area (Å²) >= 11 is 0. The quantitative estimate of drug-likeness (QED) is 0.357. The highest BCUT2D eigenvalue weighted by atomic mass is 28.3. The highest BCUT2D eigenvalue weighted by molar-refractivity contribution is 6.84. The topological polar surface area (TPSA) is 20.3 Å². The summed E-state index contributed by atoms with van der Waals surface area (Å²) in [6.07, 6.45) is 5.19. The van der Waals surface area contributed by atoms with Crippen LogP contribution in [0.4, 0.5) is 0 Å². The SMILES string of the molecule is CN(C)C(CCCC#C[Si](C)(C)C)C(=O)CCCC#C[Si](C)(C)C. The molecule has 4 heteroatoms. The zero-order valence-electron chi connectivity index (χ0n) is 17.2. The summed E-state index contributed by atoms with van der Waals surface area (Å²) in [5.41, 5.74) is 6.76. The molecule has 0 aromatic carbocycles. The Bertz CT molecular complexity index is 504. The van der Waals surface area contributed by atoms with Crippen LogP contribution in [-0.2, 0) is 4.79 Å². The number of ketones is 1. The summed E-state index contributed by atoms with van der Waals surface area (Å²) < 4.78 is 0. The van der Waals surface area contributed by atoms with Gasteiger partial charge in [0.1, 0.15) is 21.9 Å². The Morgan fingerprint density at radius 1 is 0.875 bits per heavy atom. The molecular formula is C20H37NOSi2. The molecule has 0 heterocycles. The van der Waals surface area contributed by atoms with Crippen molar-refractivity contribution in [3.8, 4) is 22.9 Å². The van der Waals surface area contributed by atoms with Crippen LogP contribution in [0.15, 0.2) is 0 Å². The molecule has 1 unspecified atom stereocenters. The Kier molecular flexibility index (Phi) is 10.6. The van der Waals surface area contributed by atoms with Crippen LogP contribution in [0, 0.1) is 22.9 Å². The number of carbonyl (C=O) groups is 1. The molecule has 0 amide bonds. The third kappa shape index (κ3) is 13.6. The van der Waals surface area contributed by atoms with Crippen LogP contribution in [0.1, 0.15) is 38.5 Å². The van der Waals surface area contributed by atoms with Crippen molar-refractivity contribution in [2.75, 3.05) is 14.1 Å². The second-order valence-electron chi connectivity index (χ2n) is 8.80. The van der Waals surface area contributed by atoms with Crippen molar-refractivity contribution in [2.24, 2.45) is 0 Å². The molecule has 24 heavy (non-hydrogen) atoms. The number of carbonyl (C=O) groups excluding carboxylic acids is 1. The molecule has 0 aromatic rings. The van der Waals surface area contributed by atoms with Gasteiger partial charge in [-0.25, -0.2) is 0 Å². The lowest BCUT2D eigenvalue weighted by Gasteiger charge is -2.22. The summed E-state index contributed by atoms with van der Waals surface area (Å²) in [7, 11) is 1.46. The Morgan fingerprint density at radius 2 is 1.33 bits per heavy atom. The minimum absolute atomic E-state index is 0.0311. The molecule has 0 N–H and O–H groups in total. The first-order valence-electron chi connectivity index (χ1n) is 9.11. The summed E-state index contributed by atoms with van der Waals surface area (Å²) in [6, 6.07) is 0.0311. The van der Waals surface area contributed by atoms with Crippen molar-refractivity contribution in [3.05, 3.63) is 0 Å².